The first-order valence-electron chi connectivity index (χ1n) is 9.40. The fourth-order valence-electron chi connectivity index (χ4n) is 3.26. The van der Waals surface area contributed by atoms with Crippen LogP contribution in [0.4, 0.5) is 13.2 Å². The van der Waals surface area contributed by atoms with E-state index in [-0.39, 0.29) is 16.8 Å². The molecule has 3 nitrogen and oxygen atoms in total. The molecule has 0 spiro atoms. The van der Waals surface area contributed by atoms with Crippen molar-refractivity contribution < 1.29 is 22.7 Å². The van der Waals surface area contributed by atoms with Crippen LogP contribution < -0.4 is 0 Å². The molecule has 0 fully saturated rings. The highest BCUT2D eigenvalue weighted by Gasteiger charge is 2.35. The summed E-state index contributed by atoms with van der Waals surface area (Å²) < 4.78 is 48.3. The van der Waals surface area contributed by atoms with E-state index >= 15 is 0 Å². The zero-order valence-corrected chi connectivity index (χ0v) is 17.0. The Morgan fingerprint density at radius 2 is 1.96 bits per heavy atom. The van der Waals surface area contributed by atoms with Gasteiger partial charge in [0.05, 0.1) is 17.4 Å². The number of hydrogen-bond acceptors (Lipinski definition) is 2. The molecule has 1 aromatic carbocycles. The zero-order valence-electron chi connectivity index (χ0n) is 16.3. The lowest BCUT2D eigenvalue weighted by molar-refractivity contribution is -0.137. The number of ether oxygens (including phenoxy) is 1. The summed E-state index contributed by atoms with van der Waals surface area (Å²) in [7, 11) is 0. The summed E-state index contributed by atoms with van der Waals surface area (Å²) in [6, 6.07) is 5.35. The van der Waals surface area contributed by atoms with Gasteiger partial charge in [0.2, 0.25) is 0 Å². The van der Waals surface area contributed by atoms with Crippen LogP contribution in [0.1, 0.15) is 60.9 Å². The Labute approximate surface area is 168 Å². The molecule has 1 atom stereocenters. The van der Waals surface area contributed by atoms with Gasteiger partial charge in [-0.2, -0.15) is 13.2 Å². The Bertz CT molecular complexity index is 815. The van der Waals surface area contributed by atoms with Crippen LogP contribution in [0, 0.1) is 0 Å². The van der Waals surface area contributed by atoms with Gasteiger partial charge < -0.3 is 9.30 Å². The summed E-state index contributed by atoms with van der Waals surface area (Å²) in [6.45, 7) is 6.34. The lowest BCUT2D eigenvalue weighted by Crippen LogP contribution is -2.18. The minimum absolute atomic E-state index is 0.00899. The lowest BCUT2D eigenvalue weighted by Gasteiger charge is -2.20. The fourth-order valence-corrected chi connectivity index (χ4v) is 3.43. The van der Waals surface area contributed by atoms with Crippen molar-refractivity contribution in [2.75, 3.05) is 6.61 Å². The zero-order chi connectivity index (χ0) is 20.9. The van der Waals surface area contributed by atoms with Crippen molar-refractivity contribution in [1.82, 2.24) is 4.57 Å². The molecule has 2 aromatic rings. The molecule has 0 saturated carbocycles. The van der Waals surface area contributed by atoms with E-state index in [2.05, 4.69) is 6.92 Å². The van der Waals surface area contributed by atoms with Crippen LogP contribution in [0.15, 0.2) is 24.3 Å². The van der Waals surface area contributed by atoms with Gasteiger partial charge in [-0.3, -0.25) is 4.79 Å². The smallest absolute Gasteiger partial charge is 0.378 e. The normalized spacial score (nSPS) is 13.0. The molecule has 28 heavy (non-hydrogen) atoms. The van der Waals surface area contributed by atoms with E-state index in [4.69, 9.17) is 16.3 Å². The van der Waals surface area contributed by atoms with Crippen LogP contribution in [-0.4, -0.2) is 23.6 Å². The Kier molecular flexibility index (Phi) is 7.72. The first-order chi connectivity index (χ1) is 13.2. The second kappa shape index (κ2) is 9.61. The van der Waals surface area contributed by atoms with Gasteiger partial charge in [-0.25, -0.2) is 0 Å². The highest BCUT2D eigenvalue weighted by Crippen LogP contribution is 2.37. The molecule has 0 aliphatic carbocycles. The SMILES string of the molecule is CCCCO[C@@H](C)Cc1cc(C=O)c(CC)n1-c1ccc(Cl)cc1C(F)(F)F. The number of nitrogens with zero attached hydrogens (tertiary/aromatic N) is 1. The van der Waals surface area contributed by atoms with E-state index < -0.39 is 11.7 Å². The minimum atomic E-state index is -4.57. The standard InChI is InChI=1S/C21H25ClF3NO2/c1-4-6-9-28-14(3)10-17-11-15(13-27)19(5-2)26(17)20-8-7-16(22)12-18(20)21(23,24)25/h7-8,11-14H,4-6,9-10H2,1-3H3/t14-/m0/s1. The van der Waals surface area contributed by atoms with E-state index in [1.165, 1.54) is 16.7 Å². The van der Waals surface area contributed by atoms with E-state index in [1.807, 2.05) is 13.8 Å². The molecule has 0 N–H and O–H groups in total. The summed E-state index contributed by atoms with van der Waals surface area (Å²) in [4.78, 5) is 11.5. The van der Waals surface area contributed by atoms with Crippen molar-refractivity contribution in [3.8, 4) is 5.69 Å². The van der Waals surface area contributed by atoms with Crippen molar-refractivity contribution >= 4 is 17.9 Å². The van der Waals surface area contributed by atoms with Gasteiger partial charge in [-0.05, 0) is 44.0 Å². The monoisotopic (exact) mass is 415 g/mol. The van der Waals surface area contributed by atoms with Crippen molar-refractivity contribution in [3.05, 3.63) is 51.8 Å². The van der Waals surface area contributed by atoms with Gasteiger partial charge in [0.1, 0.15) is 0 Å². The minimum Gasteiger partial charge on any atom is -0.378 e. The maximum Gasteiger partial charge on any atom is 0.418 e. The molecule has 0 radical (unpaired) electrons. The summed E-state index contributed by atoms with van der Waals surface area (Å²) in [5.74, 6) is 0. The van der Waals surface area contributed by atoms with Crippen LogP contribution >= 0.6 is 11.6 Å². The average molecular weight is 416 g/mol. The molecule has 0 amide bonds. The van der Waals surface area contributed by atoms with Crippen molar-refractivity contribution in [2.24, 2.45) is 0 Å². The third kappa shape index (κ3) is 5.17. The van der Waals surface area contributed by atoms with Crippen LogP contribution in [-0.2, 0) is 23.8 Å². The maximum atomic E-state index is 13.7. The van der Waals surface area contributed by atoms with Crippen molar-refractivity contribution in [3.63, 3.8) is 0 Å². The molecule has 7 heteroatoms. The summed E-state index contributed by atoms with van der Waals surface area (Å²) in [5, 5.41) is 0.00899. The number of carbonyl (C=O) groups excluding carboxylic acids is 1. The number of hydrogen-bond donors (Lipinski definition) is 0. The Morgan fingerprint density at radius 3 is 2.54 bits per heavy atom. The average Bonchev–Trinajstić information content (AvgIpc) is 2.98. The van der Waals surface area contributed by atoms with Gasteiger partial charge in [-0.15, -0.1) is 0 Å². The van der Waals surface area contributed by atoms with E-state index in [0.29, 0.717) is 42.7 Å². The second-order valence-corrected chi connectivity index (χ2v) is 7.18. The lowest BCUT2D eigenvalue weighted by atomic mass is 10.1. The summed E-state index contributed by atoms with van der Waals surface area (Å²) in [5.41, 5.74) is 0.678. The van der Waals surface area contributed by atoms with Gasteiger partial charge >= 0.3 is 6.18 Å². The predicted octanol–water partition coefficient (Wildman–Crippen LogP) is 6.27. The fraction of sp³-hybridized carbons (Fsp3) is 0.476. The number of carbonyl (C=O) groups is 1. The van der Waals surface area contributed by atoms with Gasteiger partial charge in [0, 0.05) is 35.0 Å². The molecule has 0 unspecified atom stereocenters. The van der Waals surface area contributed by atoms with Crippen LogP contribution in [0.5, 0.6) is 0 Å². The third-order valence-electron chi connectivity index (χ3n) is 4.58. The van der Waals surface area contributed by atoms with Crippen molar-refractivity contribution in [1.29, 1.82) is 0 Å². The van der Waals surface area contributed by atoms with Crippen LogP contribution in [0.2, 0.25) is 5.02 Å². The molecule has 1 heterocycles. The van der Waals surface area contributed by atoms with E-state index in [1.54, 1.807) is 6.07 Å². The quantitative estimate of drug-likeness (QED) is 0.357. The third-order valence-corrected chi connectivity index (χ3v) is 4.81. The predicted molar refractivity (Wildman–Crippen MR) is 105 cm³/mol. The largest absolute Gasteiger partial charge is 0.418 e. The molecule has 0 bridgehead atoms. The number of alkyl halides is 3. The molecule has 0 saturated heterocycles. The summed E-state index contributed by atoms with van der Waals surface area (Å²) >= 11 is 5.83. The highest BCUT2D eigenvalue weighted by atomic mass is 35.5. The molecule has 2 rings (SSSR count). The number of aromatic nitrogens is 1. The number of aldehydes is 1. The Hall–Kier alpha value is -1.79. The maximum absolute atomic E-state index is 13.7. The summed E-state index contributed by atoms with van der Waals surface area (Å²) in [6.07, 6.45) is -1.35. The number of rotatable bonds is 9. The van der Waals surface area contributed by atoms with Gasteiger partial charge in [0.15, 0.2) is 6.29 Å². The number of halogens is 4. The second-order valence-electron chi connectivity index (χ2n) is 6.74. The number of benzene rings is 1. The van der Waals surface area contributed by atoms with E-state index in [0.717, 1.165) is 18.9 Å². The van der Waals surface area contributed by atoms with E-state index in [9.17, 15) is 18.0 Å². The Balaban J connectivity index is 2.57. The topological polar surface area (TPSA) is 31.2 Å². The molecule has 0 aliphatic heterocycles. The first kappa shape index (κ1) is 22.5. The van der Waals surface area contributed by atoms with Gasteiger partial charge in [0.25, 0.3) is 0 Å². The van der Waals surface area contributed by atoms with Crippen LogP contribution in [0.25, 0.3) is 5.69 Å². The molecule has 1 aromatic heterocycles. The molecular formula is C21H25ClF3NO2. The molecular weight excluding hydrogens is 391 g/mol. The molecule has 154 valence electrons. The van der Waals surface area contributed by atoms with Crippen LogP contribution in [0.3, 0.4) is 0 Å². The Morgan fingerprint density at radius 1 is 1.25 bits per heavy atom. The highest BCUT2D eigenvalue weighted by molar-refractivity contribution is 6.30. The van der Waals surface area contributed by atoms with Gasteiger partial charge in [-0.1, -0.05) is 31.9 Å². The first-order valence-corrected chi connectivity index (χ1v) is 9.78. The molecule has 0 aliphatic rings. The number of unbranched alkanes of at least 4 members (excludes halogenated alkanes) is 1. The van der Waals surface area contributed by atoms with Crippen molar-refractivity contribution in [2.45, 2.75) is 58.7 Å².